The second kappa shape index (κ2) is 7.58. The van der Waals surface area contributed by atoms with Crippen molar-refractivity contribution in [1.29, 1.82) is 0 Å². The third-order valence-electron chi connectivity index (χ3n) is 2.79. The lowest BCUT2D eigenvalue weighted by molar-refractivity contribution is -0.137. The van der Waals surface area contributed by atoms with Crippen molar-refractivity contribution >= 4 is 50.4 Å². The van der Waals surface area contributed by atoms with E-state index in [4.69, 9.17) is 5.11 Å². The Morgan fingerprint density at radius 3 is 2.52 bits per heavy atom. The normalized spacial score (nSPS) is 12.8. The van der Waals surface area contributed by atoms with Crippen LogP contribution in [0.5, 0.6) is 0 Å². The monoisotopic (exact) mass is 467 g/mol. The van der Waals surface area contributed by atoms with E-state index < -0.39 is 5.97 Å². The number of carbonyl (C=O) groups excluding carboxylic acids is 1. The van der Waals surface area contributed by atoms with Gasteiger partial charge < -0.3 is 10.4 Å². The molecule has 0 radical (unpaired) electrons. The molecule has 1 unspecified atom stereocenters. The number of benzene rings is 1. The van der Waals surface area contributed by atoms with E-state index in [1.54, 1.807) is 6.07 Å². The summed E-state index contributed by atoms with van der Waals surface area (Å²) < 4.78 is 1.65. The van der Waals surface area contributed by atoms with Gasteiger partial charge in [-0.25, -0.2) is 0 Å². The molecule has 0 aromatic heterocycles. The number of hydrogen-bond donors (Lipinski definition) is 2. The predicted octanol–water partition coefficient (Wildman–Crippen LogP) is 4.06. The number of amides is 1. The van der Waals surface area contributed by atoms with Gasteiger partial charge in [0, 0.05) is 14.1 Å². The molecule has 6 heteroatoms. The fourth-order valence-electron chi connectivity index (χ4n) is 2.06. The van der Waals surface area contributed by atoms with Gasteiger partial charge in [0.2, 0.25) is 0 Å². The molecular weight excluding hydrogens is 449 g/mol. The van der Waals surface area contributed by atoms with Crippen LogP contribution in [0, 0.1) is 8.99 Å². The first-order chi connectivity index (χ1) is 9.58. The van der Waals surface area contributed by atoms with E-state index in [2.05, 4.69) is 43.8 Å². The number of halogens is 2. The second-order valence-electron chi connectivity index (χ2n) is 6.16. The van der Waals surface area contributed by atoms with E-state index in [0.29, 0.717) is 16.5 Å². The molecule has 0 aliphatic carbocycles. The molecule has 2 N–H and O–H groups in total. The maximum Gasteiger partial charge on any atom is 0.305 e. The Hall–Kier alpha value is -0.630. The molecule has 0 aliphatic rings. The van der Waals surface area contributed by atoms with Gasteiger partial charge in [-0.15, -0.1) is 0 Å². The molecule has 1 amide bonds. The van der Waals surface area contributed by atoms with Crippen LogP contribution in [-0.2, 0) is 4.79 Å². The lowest BCUT2D eigenvalue weighted by Gasteiger charge is -2.26. The summed E-state index contributed by atoms with van der Waals surface area (Å²) in [5.41, 5.74) is 0.460. The molecule has 0 fully saturated rings. The topological polar surface area (TPSA) is 66.4 Å². The van der Waals surface area contributed by atoms with Crippen LogP contribution in [-0.4, -0.2) is 23.0 Å². The summed E-state index contributed by atoms with van der Waals surface area (Å²) >= 11 is 5.49. The van der Waals surface area contributed by atoms with Crippen molar-refractivity contribution in [2.24, 2.45) is 5.41 Å². The average molecular weight is 468 g/mol. The van der Waals surface area contributed by atoms with Crippen LogP contribution < -0.4 is 5.32 Å². The zero-order chi connectivity index (χ0) is 16.2. The smallest absolute Gasteiger partial charge is 0.305 e. The van der Waals surface area contributed by atoms with Crippen LogP contribution in [0.15, 0.2) is 22.7 Å². The molecule has 21 heavy (non-hydrogen) atoms. The first-order valence-electron chi connectivity index (χ1n) is 6.56. The molecule has 0 heterocycles. The average Bonchev–Trinajstić information content (AvgIpc) is 2.28. The van der Waals surface area contributed by atoms with Gasteiger partial charge >= 0.3 is 5.97 Å². The fraction of sp³-hybridized carbons (Fsp3) is 0.467. The standard InChI is InChI=1S/C15H19BrINO3/c1-15(2,3)8-10(7-13(19)20)18-14(21)11-6-9(17)4-5-12(11)16/h4-6,10H,7-8H2,1-3H3,(H,18,21)(H,19,20). The van der Waals surface area contributed by atoms with Crippen molar-refractivity contribution < 1.29 is 14.7 Å². The highest BCUT2D eigenvalue weighted by Crippen LogP contribution is 2.24. The summed E-state index contributed by atoms with van der Waals surface area (Å²) in [6.45, 7) is 6.07. The largest absolute Gasteiger partial charge is 0.481 e. The molecular formula is C15H19BrINO3. The van der Waals surface area contributed by atoms with E-state index in [9.17, 15) is 9.59 Å². The second-order valence-corrected chi connectivity index (χ2v) is 8.26. The number of carboxylic acid groups (broad SMARTS) is 1. The summed E-state index contributed by atoms with van der Waals surface area (Å²) in [5, 5.41) is 11.8. The Labute approximate surface area is 147 Å². The van der Waals surface area contributed by atoms with E-state index >= 15 is 0 Å². The lowest BCUT2D eigenvalue weighted by atomic mass is 9.87. The molecule has 0 aliphatic heterocycles. The van der Waals surface area contributed by atoms with Crippen LogP contribution in [0.3, 0.4) is 0 Å². The first kappa shape index (κ1) is 18.4. The van der Waals surface area contributed by atoms with Crippen molar-refractivity contribution in [2.45, 2.75) is 39.7 Å². The van der Waals surface area contributed by atoms with Gasteiger partial charge in [0.25, 0.3) is 5.91 Å². The minimum Gasteiger partial charge on any atom is -0.481 e. The Bertz CT molecular complexity index is 540. The Kier molecular flexibility index (Phi) is 6.65. The number of rotatable bonds is 5. The molecule has 1 aromatic rings. The van der Waals surface area contributed by atoms with Crippen LogP contribution >= 0.6 is 38.5 Å². The summed E-state index contributed by atoms with van der Waals surface area (Å²) in [7, 11) is 0. The first-order valence-corrected chi connectivity index (χ1v) is 8.43. The minimum absolute atomic E-state index is 0.0598. The van der Waals surface area contributed by atoms with Crippen molar-refractivity contribution in [3.05, 3.63) is 31.8 Å². The highest BCUT2D eigenvalue weighted by atomic mass is 127. The molecule has 1 aromatic carbocycles. The molecule has 0 saturated carbocycles. The van der Waals surface area contributed by atoms with Crippen molar-refractivity contribution in [1.82, 2.24) is 5.32 Å². The van der Waals surface area contributed by atoms with Gasteiger partial charge in [0.15, 0.2) is 0 Å². The predicted molar refractivity (Wildman–Crippen MR) is 94.4 cm³/mol. The SMILES string of the molecule is CC(C)(C)CC(CC(=O)O)NC(=O)c1cc(I)ccc1Br. The molecule has 0 bridgehead atoms. The fourth-order valence-corrected chi connectivity index (χ4v) is 2.98. The third kappa shape index (κ3) is 6.78. The summed E-state index contributed by atoms with van der Waals surface area (Å²) in [6, 6.07) is 5.09. The zero-order valence-electron chi connectivity index (χ0n) is 12.2. The van der Waals surface area contributed by atoms with Crippen LogP contribution in [0.1, 0.15) is 44.0 Å². The molecule has 4 nitrogen and oxygen atoms in total. The van der Waals surface area contributed by atoms with Gasteiger partial charge in [-0.2, -0.15) is 0 Å². The maximum atomic E-state index is 12.4. The van der Waals surface area contributed by atoms with Crippen LogP contribution in [0.2, 0.25) is 0 Å². The number of nitrogens with one attached hydrogen (secondary N) is 1. The van der Waals surface area contributed by atoms with Gasteiger partial charge in [-0.3, -0.25) is 9.59 Å². The molecule has 0 saturated heterocycles. The van der Waals surface area contributed by atoms with E-state index in [1.165, 1.54) is 0 Å². The Balaban J connectivity index is 2.89. The number of aliphatic carboxylic acids is 1. The van der Waals surface area contributed by atoms with Crippen LogP contribution in [0.4, 0.5) is 0 Å². The van der Waals surface area contributed by atoms with Gasteiger partial charge in [0.05, 0.1) is 12.0 Å². The molecule has 116 valence electrons. The maximum absolute atomic E-state index is 12.4. The van der Waals surface area contributed by atoms with Gasteiger partial charge in [0.1, 0.15) is 0 Å². The summed E-state index contributed by atoms with van der Waals surface area (Å²) in [5.74, 6) is -1.16. The molecule has 0 spiro atoms. The van der Waals surface area contributed by atoms with Gasteiger partial charge in [-0.1, -0.05) is 20.8 Å². The van der Waals surface area contributed by atoms with E-state index in [1.807, 2.05) is 32.9 Å². The van der Waals surface area contributed by atoms with Crippen LogP contribution in [0.25, 0.3) is 0 Å². The Morgan fingerprint density at radius 1 is 1.38 bits per heavy atom. The summed E-state index contributed by atoms with van der Waals surface area (Å²) in [6.07, 6.45) is 0.525. The minimum atomic E-state index is -0.911. The van der Waals surface area contributed by atoms with Gasteiger partial charge in [-0.05, 0) is 68.6 Å². The van der Waals surface area contributed by atoms with Crippen molar-refractivity contribution in [3.8, 4) is 0 Å². The van der Waals surface area contributed by atoms with Crippen molar-refractivity contribution in [2.75, 3.05) is 0 Å². The highest BCUT2D eigenvalue weighted by molar-refractivity contribution is 14.1. The van der Waals surface area contributed by atoms with E-state index in [-0.39, 0.29) is 23.8 Å². The highest BCUT2D eigenvalue weighted by Gasteiger charge is 2.23. The number of carbonyl (C=O) groups is 2. The number of hydrogen-bond acceptors (Lipinski definition) is 2. The number of carboxylic acids is 1. The molecule has 1 atom stereocenters. The zero-order valence-corrected chi connectivity index (χ0v) is 16.0. The quantitative estimate of drug-likeness (QED) is 0.641. The summed E-state index contributed by atoms with van der Waals surface area (Å²) in [4.78, 5) is 23.3. The lowest BCUT2D eigenvalue weighted by Crippen LogP contribution is -2.39. The third-order valence-corrected chi connectivity index (χ3v) is 4.15. The van der Waals surface area contributed by atoms with E-state index in [0.717, 1.165) is 3.57 Å². The molecule has 1 rings (SSSR count). The van der Waals surface area contributed by atoms with Crippen molar-refractivity contribution in [3.63, 3.8) is 0 Å². The Morgan fingerprint density at radius 2 is 2.00 bits per heavy atom.